The van der Waals surface area contributed by atoms with Gasteiger partial charge in [0.25, 0.3) is 0 Å². The van der Waals surface area contributed by atoms with E-state index in [2.05, 4.69) is 22.5 Å². The number of carbonyl (C=O) groups is 2. The molecule has 8 heteroatoms. The van der Waals surface area contributed by atoms with Crippen LogP contribution in [0.15, 0.2) is 0 Å². The number of rotatable bonds is 6. The molecule has 2 amide bonds. The first kappa shape index (κ1) is 23.7. The number of likely N-dealkylation sites (N-methyl/N-ethyl adjacent to an activating group) is 1. The Kier molecular flexibility index (Phi) is 12.9. The topological polar surface area (TPSA) is 87.5 Å². The van der Waals surface area contributed by atoms with Gasteiger partial charge in [0.2, 0.25) is 11.8 Å². The Bertz CT molecular complexity index is 343. The van der Waals surface area contributed by atoms with Crippen LogP contribution in [0.4, 0.5) is 0 Å². The van der Waals surface area contributed by atoms with E-state index in [1.165, 1.54) is 0 Å². The second kappa shape index (κ2) is 11.9. The van der Waals surface area contributed by atoms with E-state index in [9.17, 15) is 9.59 Å². The van der Waals surface area contributed by atoms with Crippen LogP contribution in [-0.4, -0.2) is 55.0 Å². The maximum absolute atomic E-state index is 11.8. The number of piperidine rings is 1. The van der Waals surface area contributed by atoms with E-state index in [1.807, 2.05) is 13.8 Å². The van der Waals surface area contributed by atoms with Crippen molar-refractivity contribution in [2.75, 3.05) is 26.2 Å². The molecular formula is C14H30Cl2N4O2. The fourth-order valence-electron chi connectivity index (χ4n) is 2.33. The van der Waals surface area contributed by atoms with Gasteiger partial charge in [-0.1, -0.05) is 20.8 Å². The summed E-state index contributed by atoms with van der Waals surface area (Å²) in [6.45, 7) is 8.88. The lowest BCUT2D eigenvalue weighted by atomic mass is 10.0. The van der Waals surface area contributed by atoms with Gasteiger partial charge < -0.3 is 21.3 Å². The fourth-order valence-corrected chi connectivity index (χ4v) is 2.33. The summed E-state index contributed by atoms with van der Waals surface area (Å²) in [4.78, 5) is 25.8. The van der Waals surface area contributed by atoms with E-state index in [4.69, 9.17) is 5.73 Å². The number of nitrogens with two attached hydrogens (primary N) is 1. The number of carbonyl (C=O) groups excluding carboxylic acids is 2. The Balaban J connectivity index is 0. The number of likely N-dealkylation sites (tertiary alicyclic amines) is 1. The van der Waals surface area contributed by atoms with Gasteiger partial charge in [0, 0.05) is 12.6 Å². The first-order valence-corrected chi connectivity index (χ1v) is 7.49. The van der Waals surface area contributed by atoms with Crippen molar-refractivity contribution in [2.45, 2.75) is 45.7 Å². The predicted molar refractivity (Wildman–Crippen MR) is 93.6 cm³/mol. The maximum atomic E-state index is 11.8. The molecule has 1 rings (SSSR count). The molecule has 1 saturated heterocycles. The first-order valence-electron chi connectivity index (χ1n) is 7.49. The fraction of sp³-hybridized carbons (Fsp3) is 0.857. The maximum Gasteiger partial charge on any atom is 0.239 e. The van der Waals surface area contributed by atoms with Gasteiger partial charge in [0.15, 0.2) is 0 Å². The normalized spacial score (nSPS) is 19.6. The van der Waals surface area contributed by atoms with Crippen LogP contribution >= 0.6 is 24.8 Å². The number of hydrogen-bond donors (Lipinski definition) is 3. The lowest BCUT2D eigenvalue weighted by Gasteiger charge is -2.32. The van der Waals surface area contributed by atoms with Crippen LogP contribution in [0.1, 0.15) is 33.6 Å². The Morgan fingerprint density at radius 3 is 2.50 bits per heavy atom. The molecule has 1 aliphatic rings. The summed E-state index contributed by atoms with van der Waals surface area (Å²) >= 11 is 0. The number of nitrogens with one attached hydrogen (secondary N) is 2. The van der Waals surface area contributed by atoms with Crippen molar-refractivity contribution in [1.82, 2.24) is 15.5 Å². The molecule has 1 fully saturated rings. The van der Waals surface area contributed by atoms with E-state index < -0.39 is 6.04 Å². The monoisotopic (exact) mass is 356 g/mol. The molecule has 132 valence electrons. The summed E-state index contributed by atoms with van der Waals surface area (Å²) in [6, 6.07) is -0.375. The lowest BCUT2D eigenvalue weighted by molar-refractivity contribution is -0.127. The summed E-state index contributed by atoms with van der Waals surface area (Å²) in [6.07, 6.45) is 2.10. The summed E-state index contributed by atoms with van der Waals surface area (Å²) in [5.41, 5.74) is 5.72. The molecule has 4 N–H and O–H groups in total. The Morgan fingerprint density at radius 2 is 1.95 bits per heavy atom. The van der Waals surface area contributed by atoms with Crippen LogP contribution in [0, 0.1) is 5.92 Å². The van der Waals surface area contributed by atoms with Gasteiger partial charge >= 0.3 is 0 Å². The van der Waals surface area contributed by atoms with Gasteiger partial charge in [-0.15, -0.1) is 24.8 Å². The molecule has 1 aliphatic heterocycles. The third-order valence-electron chi connectivity index (χ3n) is 3.76. The molecule has 0 saturated carbocycles. The number of nitrogens with zero attached hydrogens (tertiary/aromatic N) is 1. The largest absolute Gasteiger partial charge is 0.351 e. The van der Waals surface area contributed by atoms with Gasteiger partial charge in [0.1, 0.15) is 0 Å². The smallest absolute Gasteiger partial charge is 0.239 e. The van der Waals surface area contributed by atoms with E-state index in [0.717, 1.165) is 32.5 Å². The van der Waals surface area contributed by atoms with Crippen molar-refractivity contribution < 1.29 is 9.59 Å². The van der Waals surface area contributed by atoms with Crippen LogP contribution in [0.5, 0.6) is 0 Å². The molecule has 22 heavy (non-hydrogen) atoms. The van der Waals surface area contributed by atoms with Crippen molar-refractivity contribution in [1.29, 1.82) is 0 Å². The van der Waals surface area contributed by atoms with Crippen LogP contribution in [0.25, 0.3) is 0 Å². The highest BCUT2D eigenvalue weighted by atomic mass is 35.5. The quantitative estimate of drug-likeness (QED) is 0.647. The SMILES string of the molecule is CCN1CCCC(NC(=O)CNC(=O)[C@@H](N)C(C)C)C1.Cl.Cl. The van der Waals surface area contributed by atoms with Gasteiger partial charge in [-0.05, 0) is 31.8 Å². The minimum atomic E-state index is -0.562. The minimum Gasteiger partial charge on any atom is -0.351 e. The molecule has 0 bridgehead atoms. The third-order valence-corrected chi connectivity index (χ3v) is 3.76. The zero-order chi connectivity index (χ0) is 15.1. The number of hydrogen-bond acceptors (Lipinski definition) is 4. The molecule has 6 nitrogen and oxygen atoms in total. The molecule has 0 aliphatic carbocycles. The van der Waals surface area contributed by atoms with E-state index in [-0.39, 0.29) is 55.1 Å². The van der Waals surface area contributed by atoms with E-state index in [0.29, 0.717) is 0 Å². The van der Waals surface area contributed by atoms with Crippen molar-refractivity contribution in [3.05, 3.63) is 0 Å². The van der Waals surface area contributed by atoms with Crippen LogP contribution in [0.2, 0.25) is 0 Å². The summed E-state index contributed by atoms with van der Waals surface area (Å²) in [7, 11) is 0. The predicted octanol–water partition coefficient (Wildman–Crippen LogP) is 0.530. The molecule has 0 aromatic heterocycles. The zero-order valence-electron chi connectivity index (χ0n) is 13.6. The molecule has 2 atom stereocenters. The highest BCUT2D eigenvalue weighted by molar-refractivity contribution is 5.87. The molecule has 0 spiro atoms. The van der Waals surface area contributed by atoms with E-state index in [1.54, 1.807) is 0 Å². The Morgan fingerprint density at radius 1 is 1.32 bits per heavy atom. The Hall–Kier alpha value is -0.560. The van der Waals surface area contributed by atoms with Crippen LogP contribution in [-0.2, 0) is 9.59 Å². The molecule has 1 heterocycles. The number of amides is 2. The standard InChI is InChI=1S/C14H28N4O2.2ClH/c1-4-18-7-5-6-11(9-18)17-12(19)8-16-14(20)13(15)10(2)3;;/h10-11,13H,4-9,15H2,1-3H3,(H,16,20)(H,17,19);2*1H/t11?,13-;;/m0../s1. The van der Waals surface area contributed by atoms with Gasteiger partial charge in [0.05, 0.1) is 12.6 Å². The third kappa shape index (κ3) is 8.17. The average Bonchev–Trinajstić information content (AvgIpc) is 2.43. The lowest BCUT2D eigenvalue weighted by Crippen LogP contribution is -2.51. The second-order valence-corrected chi connectivity index (χ2v) is 5.79. The van der Waals surface area contributed by atoms with Crippen LogP contribution < -0.4 is 16.4 Å². The van der Waals surface area contributed by atoms with E-state index >= 15 is 0 Å². The molecule has 1 unspecified atom stereocenters. The zero-order valence-corrected chi connectivity index (χ0v) is 15.3. The first-order chi connectivity index (χ1) is 9.43. The molecule has 0 radical (unpaired) electrons. The summed E-state index contributed by atoms with van der Waals surface area (Å²) in [5, 5.41) is 5.56. The second-order valence-electron chi connectivity index (χ2n) is 5.79. The summed E-state index contributed by atoms with van der Waals surface area (Å²) in [5.74, 6) is -0.347. The minimum absolute atomic E-state index is 0. The molecule has 0 aromatic carbocycles. The highest BCUT2D eigenvalue weighted by Crippen LogP contribution is 2.09. The number of halogens is 2. The van der Waals surface area contributed by atoms with Crippen LogP contribution in [0.3, 0.4) is 0 Å². The summed E-state index contributed by atoms with van der Waals surface area (Å²) < 4.78 is 0. The van der Waals surface area contributed by atoms with Crippen molar-refractivity contribution >= 4 is 36.6 Å². The van der Waals surface area contributed by atoms with Gasteiger partial charge in [-0.25, -0.2) is 0 Å². The molecular weight excluding hydrogens is 327 g/mol. The van der Waals surface area contributed by atoms with Crippen molar-refractivity contribution in [3.8, 4) is 0 Å². The van der Waals surface area contributed by atoms with Gasteiger partial charge in [-0.3, -0.25) is 9.59 Å². The highest BCUT2D eigenvalue weighted by Gasteiger charge is 2.21. The molecule has 0 aromatic rings. The van der Waals surface area contributed by atoms with Crippen molar-refractivity contribution in [3.63, 3.8) is 0 Å². The average molecular weight is 357 g/mol. The Labute approximate surface area is 145 Å². The van der Waals surface area contributed by atoms with Crippen molar-refractivity contribution in [2.24, 2.45) is 11.7 Å². The van der Waals surface area contributed by atoms with Gasteiger partial charge in [-0.2, -0.15) is 0 Å².